The van der Waals surface area contributed by atoms with E-state index >= 15 is 0 Å². The Bertz CT molecular complexity index is 905. The Kier molecular flexibility index (Phi) is 4.90. The summed E-state index contributed by atoms with van der Waals surface area (Å²) in [6, 6.07) is -0.249. The summed E-state index contributed by atoms with van der Waals surface area (Å²) in [5.74, 6) is -1.16. The SMILES string of the molecule is CC(C)(C)OC(=O)N1CCC[C@@H](n2nc(C(=O)O)c3c(N)ncc(Cl)c32)C1. The molecule has 2 aromatic rings. The number of nitrogens with two attached hydrogens (primary N) is 1. The number of piperidine rings is 1. The summed E-state index contributed by atoms with van der Waals surface area (Å²) in [6.07, 6.45) is 2.41. The summed E-state index contributed by atoms with van der Waals surface area (Å²) in [5, 5.41) is 14.2. The second-order valence-corrected chi connectivity index (χ2v) is 7.94. The molecule has 1 aliphatic heterocycles. The number of hydrogen-bond donors (Lipinski definition) is 2. The second kappa shape index (κ2) is 6.88. The fourth-order valence-corrected chi connectivity index (χ4v) is 3.45. The fourth-order valence-electron chi connectivity index (χ4n) is 3.22. The Balaban J connectivity index is 1.99. The molecule has 2 aromatic heterocycles. The Labute approximate surface area is 161 Å². The predicted molar refractivity (Wildman–Crippen MR) is 100.0 cm³/mol. The zero-order chi connectivity index (χ0) is 19.9. The van der Waals surface area contributed by atoms with E-state index in [1.165, 1.54) is 6.20 Å². The molecule has 0 saturated carbocycles. The van der Waals surface area contributed by atoms with Crippen LogP contribution in [0.4, 0.5) is 10.6 Å². The molecule has 0 radical (unpaired) electrons. The van der Waals surface area contributed by atoms with Gasteiger partial charge in [0.2, 0.25) is 0 Å². The molecule has 1 atom stereocenters. The van der Waals surface area contributed by atoms with Gasteiger partial charge < -0.3 is 20.5 Å². The van der Waals surface area contributed by atoms with Gasteiger partial charge in [-0.15, -0.1) is 0 Å². The third kappa shape index (κ3) is 3.78. The molecule has 3 rings (SSSR count). The molecule has 0 unspecified atom stereocenters. The molecular formula is C17H22ClN5O4. The number of aromatic nitrogens is 3. The summed E-state index contributed by atoms with van der Waals surface area (Å²) in [6.45, 7) is 6.32. The van der Waals surface area contributed by atoms with Gasteiger partial charge >= 0.3 is 12.1 Å². The molecule has 10 heteroatoms. The first kappa shape index (κ1) is 19.2. The minimum absolute atomic E-state index is 0.0536. The molecule has 3 heterocycles. The minimum Gasteiger partial charge on any atom is -0.476 e. The van der Waals surface area contributed by atoms with E-state index in [9.17, 15) is 14.7 Å². The number of pyridine rings is 1. The van der Waals surface area contributed by atoms with Gasteiger partial charge in [0.25, 0.3) is 0 Å². The van der Waals surface area contributed by atoms with Crippen molar-refractivity contribution in [2.45, 2.75) is 45.3 Å². The second-order valence-electron chi connectivity index (χ2n) is 7.54. The molecule has 146 valence electrons. The van der Waals surface area contributed by atoms with Crippen LogP contribution in [-0.2, 0) is 4.74 Å². The number of carboxylic acids is 1. The van der Waals surface area contributed by atoms with Crippen LogP contribution in [-0.4, -0.2) is 55.5 Å². The number of nitrogen functional groups attached to an aromatic ring is 1. The molecule has 0 aliphatic carbocycles. The molecule has 3 N–H and O–H groups in total. The zero-order valence-electron chi connectivity index (χ0n) is 15.4. The zero-order valence-corrected chi connectivity index (χ0v) is 16.2. The Morgan fingerprint density at radius 2 is 2.11 bits per heavy atom. The van der Waals surface area contributed by atoms with Gasteiger partial charge in [0, 0.05) is 13.1 Å². The number of fused-ring (bicyclic) bond motifs is 1. The van der Waals surface area contributed by atoms with Crippen LogP contribution in [0.15, 0.2) is 6.20 Å². The maximum atomic E-state index is 12.4. The fraction of sp³-hybridized carbons (Fsp3) is 0.529. The lowest BCUT2D eigenvalue weighted by atomic mass is 10.1. The van der Waals surface area contributed by atoms with Gasteiger partial charge in [0.1, 0.15) is 11.4 Å². The van der Waals surface area contributed by atoms with Gasteiger partial charge in [0.15, 0.2) is 5.69 Å². The standard InChI is InChI=1S/C17H22ClN5O4/c1-17(2,3)27-16(26)22-6-4-5-9(8-22)23-13-10(18)7-20-14(19)11(13)12(21-23)15(24)25/h7,9H,4-6,8H2,1-3H3,(H2,19,20)(H,24,25)/t9-/m1/s1. The summed E-state index contributed by atoms with van der Waals surface area (Å²) in [7, 11) is 0. The van der Waals surface area contributed by atoms with Gasteiger partial charge in [0.05, 0.1) is 28.2 Å². The normalized spacial score (nSPS) is 17.9. The number of nitrogens with zero attached hydrogens (tertiary/aromatic N) is 4. The number of halogens is 1. The molecule has 0 bridgehead atoms. The van der Waals surface area contributed by atoms with Crippen molar-refractivity contribution in [3.8, 4) is 0 Å². The monoisotopic (exact) mass is 395 g/mol. The van der Waals surface area contributed by atoms with E-state index in [0.29, 0.717) is 25.0 Å². The number of likely N-dealkylation sites (tertiary alicyclic amines) is 1. The number of carboxylic acid groups (broad SMARTS) is 1. The highest BCUT2D eigenvalue weighted by molar-refractivity contribution is 6.35. The van der Waals surface area contributed by atoms with Crippen LogP contribution in [0.25, 0.3) is 10.9 Å². The van der Waals surface area contributed by atoms with Gasteiger partial charge in [-0.2, -0.15) is 5.10 Å². The Morgan fingerprint density at radius 3 is 2.74 bits per heavy atom. The van der Waals surface area contributed by atoms with E-state index in [1.807, 2.05) is 20.8 Å². The molecule has 9 nitrogen and oxygen atoms in total. The molecular weight excluding hydrogens is 374 g/mol. The van der Waals surface area contributed by atoms with Crippen molar-refractivity contribution in [2.75, 3.05) is 18.8 Å². The number of anilines is 1. The van der Waals surface area contributed by atoms with E-state index in [2.05, 4.69) is 10.1 Å². The van der Waals surface area contributed by atoms with E-state index in [4.69, 9.17) is 22.1 Å². The molecule has 1 aliphatic rings. The Morgan fingerprint density at radius 1 is 1.41 bits per heavy atom. The smallest absolute Gasteiger partial charge is 0.410 e. The van der Waals surface area contributed by atoms with E-state index < -0.39 is 17.7 Å². The minimum atomic E-state index is -1.21. The van der Waals surface area contributed by atoms with Crippen LogP contribution >= 0.6 is 11.6 Å². The predicted octanol–water partition coefficient (Wildman–Crippen LogP) is 2.94. The lowest BCUT2D eigenvalue weighted by Gasteiger charge is -2.34. The maximum Gasteiger partial charge on any atom is 0.410 e. The van der Waals surface area contributed by atoms with Gasteiger partial charge in [-0.25, -0.2) is 14.6 Å². The van der Waals surface area contributed by atoms with E-state index in [0.717, 1.165) is 6.42 Å². The highest BCUT2D eigenvalue weighted by atomic mass is 35.5. The van der Waals surface area contributed by atoms with E-state index in [1.54, 1.807) is 9.58 Å². The highest BCUT2D eigenvalue weighted by Gasteiger charge is 2.32. The quantitative estimate of drug-likeness (QED) is 0.800. The van der Waals surface area contributed by atoms with Crippen molar-refractivity contribution < 1.29 is 19.4 Å². The summed E-state index contributed by atoms with van der Waals surface area (Å²) < 4.78 is 6.99. The third-order valence-corrected chi connectivity index (χ3v) is 4.58. The van der Waals surface area contributed by atoms with Crippen LogP contribution in [0.3, 0.4) is 0 Å². The number of amides is 1. The van der Waals surface area contributed by atoms with Gasteiger partial charge in [-0.05, 0) is 33.6 Å². The molecule has 27 heavy (non-hydrogen) atoms. The average Bonchev–Trinajstić information content (AvgIpc) is 2.99. The number of ether oxygens (including phenoxy) is 1. The maximum absolute atomic E-state index is 12.4. The first-order chi connectivity index (χ1) is 12.6. The van der Waals surface area contributed by atoms with Crippen molar-refractivity contribution in [2.24, 2.45) is 0 Å². The first-order valence-electron chi connectivity index (χ1n) is 8.62. The van der Waals surface area contributed by atoms with Crippen LogP contribution in [0.2, 0.25) is 5.02 Å². The summed E-state index contributed by atoms with van der Waals surface area (Å²) >= 11 is 6.28. The van der Waals surface area contributed by atoms with Gasteiger partial charge in [-0.1, -0.05) is 11.6 Å². The number of hydrogen-bond acceptors (Lipinski definition) is 6. The topological polar surface area (TPSA) is 124 Å². The Hall–Kier alpha value is -2.55. The molecule has 1 amide bonds. The van der Waals surface area contributed by atoms with Crippen molar-refractivity contribution in [3.63, 3.8) is 0 Å². The van der Waals surface area contributed by atoms with Crippen LogP contribution in [0, 0.1) is 0 Å². The molecule has 1 fully saturated rings. The number of aromatic carboxylic acids is 1. The van der Waals surface area contributed by atoms with Gasteiger partial charge in [-0.3, -0.25) is 4.68 Å². The van der Waals surface area contributed by atoms with Crippen LogP contribution in [0.5, 0.6) is 0 Å². The molecule has 0 aromatic carbocycles. The third-order valence-electron chi connectivity index (χ3n) is 4.31. The highest BCUT2D eigenvalue weighted by Crippen LogP contribution is 2.34. The molecule has 1 saturated heterocycles. The van der Waals surface area contributed by atoms with Crippen molar-refractivity contribution >= 4 is 40.4 Å². The largest absolute Gasteiger partial charge is 0.476 e. The lowest BCUT2D eigenvalue weighted by molar-refractivity contribution is 0.0168. The van der Waals surface area contributed by atoms with E-state index in [-0.39, 0.29) is 28.0 Å². The molecule has 0 spiro atoms. The summed E-state index contributed by atoms with van der Waals surface area (Å²) in [4.78, 5) is 29.6. The number of carbonyl (C=O) groups is 2. The van der Waals surface area contributed by atoms with Crippen molar-refractivity contribution in [1.29, 1.82) is 0 Å². The number of carbonyl (C=O) groups excluding carboxylic acids is 1. The van der Waals surface area contributed by atoms with Crippen molar-refractivity contribution in [3.05, 3.63) is 16.9 Å². The number of rotatable bonds is 2. The average molecular weight is 396 g/mol. The van der Waals surface area contributed by atoms with Crippen molar-refractivity contribution in [1.82, 2.24) is 19.7 Å². The van der Waals surface area contributed by atoms with Crippen LogP contribution in [0.1, 0.15) is 50.1 Å². The summed E-state index contributed by atoms with van der Waals surface area (Å²) in [5.41, 5.74) is 5.50. The lowest BCUT2D eigenvalue weighted by Crippen LogP contribution is -2.43. The first-order valence-corrected chi connectivity index (χ1v) is 8.99. The van der Waals surface area contributed by atoms with Crippen LogP contribution < -0.4 is 5.73 Å².